The van der Waals surface area contributed by atoms with Crippen LogP contribution in [0.25, 0.3) is 0 Å². The molecule has 9 heteroatoms. The van der Waals surface area contributed by atoms with Gasteiger partial charge in [-0.05, 0) is 47.0 Å². The lowest BCUT2D eigenvalue weighted by Crippen LogP contribution is -2.41. The maximum Gasteiger partial charge on any atom is 0.330 e. The Morgan fingerprint density at radius 3 is 2.63 bits per heavy atom. The average molecular weight is 441 g/mol. The smallest absolute Gasteiger partial charge is 0.330 e. The van der Waals surface area contributed by atoms with E-state index in [0.717, 1.165) is 12.5 Å². The van der Waals surface area contributed by atoms with Gasteiger partial charge in [0.15, 0.2) is 5.69 Å². The lowest BCUT2D eigenvalue weighted by atomic mass is 10.1. The van der Waals surface area contributed by atoms with E-state index in [1.807, 2.05) is 13.8 Å². The lowest BCUT2D eigenvalue weighted by molar-refractivity contribution is 0.0985. The van der Waals surface area contributed by atoms with Gasteiger partial charge < -0.3 is 10.6 Å². The summed E-state index contributed by atoms with van der Waals surface area (Å²) in [6.07, 6.45) is 1.99. The summed E-state index contributed by atoms with van der Waals surface area (Å²) in [6.45, 7) is 4.30. The molecule has 1 heterocycles. The molecule has 0 unspecified atom stereocenters. The van der Waals surface area contributed by atoms with Gasteiger partial charge >= 0.3 is 5.69 Å². The van der Waals surface area contributed by atoms with Crippen molar-refractivity contribution < 1.29 is 9.18 Å². The van der Waals surface area contributed by atoms with E-state index >= 15 is 0 Å². The Balaban J connectivity index is 2.65. The first-order chi connectivity index (χ1) is 12.8. The quantitative estimate of drug-likeness (QED) is 0.690. The van der Waals surface area contributed by atoms with Crippen molar-refractivity contribution in [3.05, 3.63) is 54.9 Å². The van der Waals surface area contributed by atoms with Crippen molar-refractivity contribution in [3.63, 3.8) is 0 Å². The fourth-order valence-electron chi connectivity index (χ4n) is 2.72. The first-order valence-corrected chi connectivity index (χ1v) is 9.50. The second-order valence-corrected chi connectivity index (χ2v) is 6.93. The van der Waals surface area contributed by atoms with Gasteiger partial charge in [0, 0.05) is 17.6 Å². The molecule has 1 aromatic heterocycles. The third-order valence-corrected chi connectivity index (χ3v) is 4.76. The monoisotopic (exact) mass is 440 g/mol. The molecule has 0 radical (unpaired) electrons. The van der Waals surface area contributed by atoms with E-state index in [1.54, 1.807) is 0 Å². The number of aromatic nitrogens is 2. The van der Waals surface area contributed by atoms with Crippen LogP contribution >= 0.6 is 15.9 Å². The van der Waals surface area contributed by atoms with Crippen LogP contribution in [0, 0.1) is 5.82 Å². The summed E-state index contributed by atoms with van der Waals surface area (Å²) < 4.78 is 15.3. The topological polar surface area (TPSA) is 101 Å². The van der Waals surface area contributed by atoms with Crippen LogP contribution in [0.4, 0.5) is 15.9 Å². The minimum Gasteiger partial charge on any atom is -0.383 e. The molecule has 1 amide bonds. The number of amides is 1. The van der Waals surface area contributed by atoms with Crippen LogP contribution in [-0.4, -0.2) is 22.0 Å². The number of halogens is 2. The van der Waals surface area contributed by atoms with Crippen LogP contribution < -0.4 is 21.9 Å². The van der Waals surface area contributed by atoms with Crippen molar-refractivity contribution in [2.75, 3.05) is 17.2 Å². The predicted octanol–water partition coefficient (Wildman–Crippen LogP) is 2.88. The minimum absolute atomic E-state index is 0.0677. The number of rotatable bonds is 7. The first-order valence-electron chi connectivity index (χ1n) is 8.71. The van der Waals surface area contributed by atoms with Gasteiger partial charge in [0.2, 0.25) is 0 Å². The molecule has 0 saturated heterocycles. The highest BCUT2D eigenvalue weighted by molar-refractivity contribution is 9.10. The molecule has 1 aromatic carbocycles. The van der Waals surface area contributed by atoms with Gasteiger partial charge in [-0.2, -0.15) is 0 Å². The molecular weight excluding hydrogens is 419 g/mol. The second kappa shape index (κ2) is 8.98. The van der Waals surface area contributed by atoms with Gasteiger partial charge in [0.25, 0.3) is 11.5 Å². The normalized spacial score (nSPS) is 10.8. The molecule has 0 spiro atoms. The van der Waals surface area contributed by atoms with Crippen molar-refractivity contribution in [3.8, 4) is 0 Å². The van der Waals surface area contributed by atoms with Gasteiger partial charge in [-0.1, -0.05) is 20.3 Å². The van der Waals surface area contributed by atoms with E-state index in [1.165, 1.54) is 21.6 Å². The van der Waals surface area contributed by atoms with Gasteiger partial charge in [-0.15, -0.1) is 0 Å². The van der Waals surface area contributed by atoms with Gasteiger partial charge in [0.1, 0.15) is 11.6 Å². The number of unbranched alkanes of at least 4 members (excludes halogenated alkanes) is 1. The zero-order chi connectivity index (χ0) is 20.1. The van der Waals surface area contributed by atoms with Crippen molar-refractivity contribution in [2.24, 2.45) is 0 Å². The third-order valence-electron chi connectivity index (χ3n) is 4.07. The highest BCUT2D eigenvalue weighted by Gasteiger charge is 2.26. The maximum absolute atomic E-state index is 13.7. The van der Waals surface area contributed by atoms with Gasteiger partial charge in [0.05, 0.1) is 5.56 Å². The van der Waals surface area contributed by atoms with Gasteiger partial charge in [-0.3, -0.25) is 19.1 Å². The number of benzene rings is 1. The van der Waals surface area contributed by atoms with Crippen LogP contribution in [0.5, 0.6) is 0 Å². The Morgan fingerprint density at radius 1 is 1.30 bits per heavy atom. The third kappa shape index (κ3) is 4.47. The molecule has 0 atom stereocenters. The number of anilines is 2. The Bertz CT molecular complexity index is 955. The summed E-state index contributed by atoms with van der Waals surface area (Å²) in [4.78, 5) is 41.1. The Labute approximate surface area is 164 Å². The molecule has 0 aliphatic heterocycles. The summed E-state index contributed by atoms with van der Waals surface area (Å²) in [6, 6.07) is 3.74. The molecule has 0 saturated carbocycles. The van der Waals surface area contributed by atoms with Crippen molar-refractivity contribution in [1.82, 2.24) is 9.55 Å². The summed E-state index contributed by atoms with van der Waals surface area (Å²) >= 11 is 3.24. The average Bonchev–Trinajstić information content (AvgIpc) is 2.62. The Hall–Kier alpha value is -2.42. The molecular formula is C18H22BrFN4O3. The van der Waals surface area contributed by atoms with E-state index in [4.69, 9.17) is 5.73 Å². The van der Waals surface area contributed by atoms with Crippen LogP contribution in [0.15, 0.2) is 32.3 Å². The SMILES string of the molecule is CCCCN(C(=O)c1cc(F)ccc1Br)c1c(N)n(CCC)c(=O)[nH]c1=O. The highest BCUT2D eigenvalue weighted by Crippen LogP contribution is 2.24. The number of nitrogens with one attached hydrogen (secondary N) is 1. The van der Waals surface area contributed by atoms with Crippen molar-refractivity contribution >= 4 is 33.3 Å². The van der Waals surface area contributed by atoms with E-state index < -0.39 is 23.0 Å². The van der Waals surface area contributed by atoms with E-state index in [-0.39, 0.29) is 23.6 Å². The number of aromatic amines is 1. The number of carbonyl (C=O) groups excluding carboxylic acids is 1. The standard InChI is InChI=1S/C18H22BrFN4O3/c1-3-5-9-23(17(26)12-10-11(20)6-7-13(12)19)14-15(21)24(8-4-2)18(27)22-16(14)25/h6-7,10H,3-5,8-9,21H2,1-2H3,(H,22,25,27). The number of nitrogen functional groups attached to an aromatic ring is 1. The highest BCUT2D eigenvalue weighted by atomic mass is 79.9. The molecule has 0 fully saturated rings. The number of hydrogen-bond donors (Lipinski definition) is 2. The zero-order valence-corrected chi connectivity index (χ0v) is 16.8. The zero-order valence-electron chi connectivity index (χ0n) is 15.2. The molecule has 2 aromatic rings. The molecule has 0 aliphatic rings. The van der Waals surface area contributed by atoms with Crippen LogP contribution in [0.3, 0.4) is 0 Å². The maximum atomic E-state index is 13.7. The Kier molecular flexibility index (Phi) is 6.95. The summed E-state index contributed by atoms with van der Waals surface area (Å²) in [7, 11) is 0. The van der Waals surface area contributed by atoms with E-state index in [2.05, 4.69) is 20.9 Å². The fraction of sp³-hybridized carbons (Fsp3) is 0.389. The molecule has 7 nitrogen and oxygen atoms in total. The van der Waals surface area contributed by atoms with Crippen LogP contribution in [0.2, 0.25) is 0 Å². The van der Waals surface area contributed by atoms with E-state index in [0.29, 0.717) is 23.9 Å². The molecule has 3 N–H and O–H groups in total. The fourth-order valence-corrected chi connectivity index (χ4v) is 3.14. The van der Waals surface area contributed by atoms with Crippen molar-refractivity contribution in [1.29, 1.82) is 0 Å². The number of nitrogens with two attached hydrogens (primary N) is 1. The van der Waals surface area contributed by atoms with Crippen LogP contribution in [0.1, 0.15) is 43.5 Å². The van der Waals surface area contributed by atoms with Crippen LogP contribution in [-0.2, 0) is 6.54 Å². The molecule has 2 rings (SSSR count). The largest absolute Gasteiger partial charge is 0.383 e. The second-order valence-electron chi connectivity index (χ2n) is 6.08. The number of H-pyrrole nitrogens is 1. The van der Waals surface area contributed by atoms with E-state index in [9.17, 15) is 18.8 Å². The number of hydrogen-bond acceptors (Lipinski definition) is 4. The first kappa shape index (κ1) is 20.9. The minimum atomic E-state index is -0.748. The molecule has 0 aliphatic carbocycles. The summed E-state index contributed by atoms with van der Waals surface area (Å²) in [5, 5.41) is 0. The summed E-state index contributed by atoms with van der Waals surface area (Å²) in [5.41, 5.74) is 4.68. The number of nitrogens with zero attached hydrogens (tertiary/aromatic N) is 2. The molecule has 0 bridgehead atoms. The predicted molar refractivity (Wildman–Crippen MR) is 107 cm³/mol. The van der Waals surface area contributed by atoms with Gasteiger partial charge in [-0.25, -0.2) is 9.18 Å². The molecule has 146 valence electrons. The summed E-state index contributed by atoms with van der Waals surface area (Å²) in [5.74, 6) is -1.23. The Morgan fingerprint density at radius 2 is 2.00 bits per heavy atom. The molecule has 27 heavy (non-hydrogen) atoms. The number of carbonyl (C=O) groups is 1. The van der Waals surface area contributed by atoms with Crippen molar-refractivity contribution in [2.45, 2.75) is 39.7 Å². The lowest BCUT2D eigenvalue weighted by Gasteiger charge is -2.25.